The fourth-order valence-corrected chi connectivity index (χ4v) is 93.2. The number of nitrogens with two attached hydrogens (primary N) is 2. The van der Waals surface area contributed by atoms with Gasteiger partial charge in [0.05, 0.1) is 0 Å². The van der Waals surface area contributed by atoms with Crippen molar-refractivity contribution in [2.45, 2.75) is 47.2 Å². The van der Waals surface area contributed by atoms with E-state index in [9.17, 15) is 9.59 Å². The third-order valence-corrected chi connectivity index (χ3v) is 58.3. The van der Waals surface area contributed by atoms with Crippen LogP contribution in [0.3, 0.4) is 0 Å². The molecule has 4 N–H and O–H groups in total. The second kappa shape index (κ2) is 0.432. The Balaban J connectivity index is 1.81. The van der Waals surface area contributed by atoms with E-state index in [1.54, 1.807) is 0 Å². The Morgan fingerprint density at radius 1 is 0.765 bits per heavy atom. The molecule has 0 bridgehead atoms. The summed E-state index contributed by atoms with van der Waals surface area (Å²) in [6, 6.07) is 0. The van der Waals surface area contributed by atoms with Gasteiger partial charge in [-0.3, -0.25) is 0 Å². The molecule has 10 saturated heterocycles. The molecule has 10 heterocycles. The second-order valence-corrected chi connectivity index (χ2v) is 33.7. The van der Waals surface area contributed by atoms with Crippen molar-refractivity contribution in [1.82, 2.24) is 0 Å². The minimum absolute atomic E-state index is 0.0715. The van der Waals surface area contributed by atoms with Crippen LogP contribution < -0.4 is 11.5 Å². The Labute approximate surface area is 86.7 Å². The molecule has 10 fully saturated rings. The average Bonchev–Trinajstić information content (AvgIpc) is 3.22. The number of amides is 2. The SMILES string of the molecule is NC(=O)[C]12[CH]3[CH]4[CH]5[C]1(C(N)=O)[Fe]43521678[CH]2[CH]1[CH]6[CH]7[CH]28. The number of carbonyl (C=O) groups is 2. The van der Waals surface area contributed by atoms with E-state index in [4.69, 9.17) is 11.5 Å². The molecular weight excluding hydrogens is 260 g/mol. The summed E-state index contributed by atoms with van der Waals surface area (Å²) in [4.78, 5) is 31.5. The average molecular weight is 272 g/mol. The van der Waals surface area contributed by atoms with Gasteiger partial charge in [0, 0.05) is 0 Å². The van der Waals surface area contributed by atoms with Gasteiger partial charge in [-0.05, 0) is 0 Å². The standard InChI is InChI=1S/C7H7N2O2.C5H5.Fe/c8-6(10)4-2-1-3-5(4)7(9)11;1-2-4-5-3-1;/h1-3H,(H2,8,10)(H2,9,11);1-5H;. The van der Waals surface area contributed by atoms with Gasteiger partial charge in [-0.1, -0.05) is 0 Å². The number of hydrogen-bond donors (Lipinski definition) is 2. The molecule has 0 aromatic carbocycles. The molecule has 0 aromatic heterocycles. The quantitative estimate of drug-likeness (QED) is 0.737. The van der Waals surface area contributed by atoms with Gasteiger partial charge in [-0.25, -0.2) is 0 Å². The molecule has 1 spiro atoms. The molecule has 10 aliphatic rings. The van der Waals surface area contributed by atoms with E-state index >= 15 is 0 Å². The van der Waals surface area contributed by atoms with Crippen LogP contribution in [-0.4, -0.2) is 11.8 Å². The van der Waals surface area contributed by atoms with E-state index < -0.39 is 6.51 Å². The summed E-state index contributed by atoms with van der Waals surface area (Å²) in [5.41, 5.74) is 11.8. The van der Waals surface area contributed by atoms with Gasteiger partial charge < -0.3 is 0 Å². The topological polar surface area (TPSA) is 86.2 Å². The van der Waals surface area contributed by atoms with Gasteiger partial charge in [0.1, 0.15) is 0 Å². The molecular formula is C12H12FeN2O2. The molecule has 2 amide bonds. The van der Waals surface area contributed by atoms with Crippen molar-refractivity contribution in [3.05, 3.63) is 0 Å². The summed E-state index contributed by atoms with van der Waals surface area (Å²) < 4.78 is -0.449. The molecule has 4 unspecified atom stereocenters. The van der Waals surface area contributed by atoms with Crippen LogP contribution in [0.2, 0.25) is 47.2 Å². The van der Waals surface area contributed by atoms with Crippen molar-refractivity contribution < 1.29 is 16.1 Å². The first-order valence-corrected chi connectivity index (χ1v) is 12.8. The van der Waals surface area contributed by atoms with Gasteiger partial charge in [-0.2, -0.15) is 0 Å². The third-order valence-electron chi connectivity index (χ3n) is 15.6. The monoisotopic (exact) mass is 272 g/mol. The van der Waals surface area contributed by atoms with Crippen LogP contribution in [0.15, 0.2) is 0 Å². The molecule has 4 nitrogen and oxygen atoms in total. The van der Waals surface area contributed by atoms with Crippen LogP contribution in [0.4, 0.5) is 0 Å². The minimum atomic E-state index is -3.85. The van der Waals surface area contributed by atoms with Gasteiger partial charge in [0.15, 0.2) is 0 Å². The fraction of sp³-hybridized carbons (Fsp3) is 0.833. The van der Waals surface area contributed by atoms with E-state index in [0.29, 0.717) is 9.63 Å². The van der Waals surface area contributed by atoms with Crippen molar-refractivity contribution in [3.63, 3.8) is 0 Å². The predicted octanol–water partition coefficient (Wildman–Crippen LogP) is 1.09. The summed E-state index contributed by atoms with van der Waals surface area (Å²) in [7, 11) is 0. The van der Waals surface area contributed by atoms with Crippen LogP contribution >= 0.6 is 0 Å². The van der Waals surface area contributed by atoms with Crippen LogP contribution in [0, 0.1) is 0 Å². The fourth-order valence-electron chi connectivity index (χ4n) is 18.0. The van der Waals surface area contributed by atoms with E-state index in [-0.39, 0.29) is 20.4 Å². The van der Waals surface area contributed by atoms with Crippen molar-refractivity contribution >= 4 is 11.8 Å². The summed E-state index contributed by atoms with van der Waals surface area (Å²) in [6.07, 6.45) is 0. The second-order valence-electron chi connectivity index (χ2n) is 10.5. The maximum atomic E-state index is 12.3. The molecule has 10 rings (SSSR count). The van der Waals surface area contributed by atoms with Crippen LogP contribution in [0.1, 0.15) is 0 Å². The Hall–Kier alpha value is -0.541. The van der Waals surface area contributed by atoms with E-state index in [1.807, 2.05) is 0 Å². The predicted molar refractivity (Wildman–Crippen MR) is 53.8 cm³/mol. The zero-order valence-electron chi connectivity index (χ0n) is 8.94. The molecule has 10 aliphatic heterocycles. The van der Waals surface area contributed by atoms with Gasteiger partial charge >= 0.3 is 86.5 Å². The zero-order chi connectivity index (χ0) is 11.1. The Morgan fingerprint density at radius 3 is 1.24 bits per heavy atom. The first-order valence-electron chi connectivity index (χ1n) is 6.63. The van der Waals surface area contributed by atoms with Crippen molar-refractivity contribution in [2.75, 3.05) is 0 Å². The Morgan fingerprint density at radius 2 is 1.12 bits per heavy atom. The van der Waals surface area contributed by atoms with E-state index in [2.05, 4.69) is 0 Å². The first kappa shape index (κ1) is 6.07. The molecule has 0 aliphatic carbocycles. The Kier molecular flexibility index (Phi) is 0.154. The molecule has 5 heteroatoms. The maximum absolute atomic E-state index is 12.3. The molecule has 4 atom stereocenters. The molecule has 0 aromatic rings. The number of primary amides is 2. The van der Waals surface area contributed by atoms with Crippen molar-refractivity contribution in [2.24, 2.45) is 11.5 Å². The Bertz CT molecular complexity index is 1000. The number of fused-ring (bicyclic) bond motifs is 10. The number of rotatable bonds is 2. The van der Waals surface area contributed by atoms with Gasteiger partial charge in [0.2, 0.25) is 0 Å². The third kappa shape index (κ3) is 0.0493. The molecule has 90 valence electrons. The van der Waals surface area contributed by atoms with Gasteiger partial charge in [-0.15, -0.1) is 0 Å². The molecule has 0 radical (unpaired) electrons. The molecule has 17 heavy (non-hydrogen) atoms. The van der Waals surface area contributed by atoms with E-state index in [0.717, 1.165) is 28.9 Å². The van der Waals surface area contributed by atoms with Crippen LogP contribution in [0.25, 0.3) is 0 Å². The van der Waals surface area contributed by atoms with E-state index in [1.165, 1.54) is 0 Å². The zero-order valence-corrected chi connectivity index (χ0v) is 10.0. The number of carbonyl (C=O) groups excluding carboxylic acids is 2. The first-order chi connectivity index (χ1) is 7.82. The summed E-state index contributed by atoms with van der Waals surface area (Å²) in [5.74, 6) is -0.143. The van der Waals surface area contributed by atoms with Crippen LogP contribution in [-0.2, 0) is 16.1 Å². The number of hydrogen-bond acceptors (Lipinski definition) is 2. The summed E-state index contributed by atoms with van der Waals surface area (Å²) in [5, 5.41) is 0. The van der Waals surface area contributed by atoms with Crippen LogP contribution in [0.5, 0.6) is 0 Å². The normalized spacial score (nSPS) is 123. The molecule has 0 saturated carbocycles. The van der Waals surface area contributed by atoms with Crippen molar-refractivity contribution in [1.29, 1.82) is 0 Å². The summed E-state index contributed by atoms with van der Waals surface area (Å²) >= 11 is 0. The van der Waals surface area contributed by atoms with Crippen molar-refractivity contribution in [3.8, 4) is 0 Å². The summed E-state index contributed by atoms with van der Waals surface area (Å²) in [6.45, 7) is -3.85. The van der Waals surface area contributed by atoms with Gasteiger partial charge in [0.25, 0.3) is 0 Å².